The van der Waals surface area contributed by atoms with Crippen molar-refractivity contribution in [3.63, 3.8) is 0 Å². The Kier molecular flexibility index (Phi) is 16.7. The summed E-state index contributed by atoms with van der Waals surface area (Å²) in [7, 11) is -2.54. The van der Waals surface area contributed by atoms with Crippen LogP contribution in [0.2, 0.25) is 0 Å². The molecular weight excluding hydrogens is 603 g/mol. The largest absolute Gasteiger partial charge is 4.00 e. The third-order valence-electron chi connectivity index (χ3n) is 7.86. The van der Waals surface area contributed by atoms with Crippen molar-refractivity contribution in [3.8, 4) is 0 Å². The van der Waals surface area contributed by atoms with Gasteiger partial charge in [-0.3, -0.25) is 6.08 Å². The van der Waals surface area contributed by atoms with Gasteiger partial charge in [0.2, 0.25) is 0 Å². The van der Waals surface area contributed by atoms with Crippen LogP contribution in [0.1, 0.15) is 102 Å². The van der Waals surface area contributed by atoms with E-state index in [0.29, 0.717) is 17.8 Å². The van der Waals surface area contributed by atoms with Crippen LogP contribution < -0.4 is 52.8 Å². The summed E-state index contributed by atoms with van der Waals surface area (Å²) in [5.74, 6) is 1.49. The van der Waals surface area contributed by atoms with Gasteiger partial charge in [0.25, 0.3) is 0 Å². The van der Waals surface area contributed by atoms with Gasteiger partial charge in [-0.05, 0) is 34.4 Å². The fraction of sp³-hybridized carbons (Fsp3) is 0.371. The Morgan fingerprint density at radius 2 is 1.02 bits per heavy atom. The van der Waals surface area contributed by atoms with Crippen molar-refractivity contribution < 1.29 is 58.9 Å². The maximum atomic E-state index is 3.72. The Balaban J connectivity index is 0.00000380. The summed E-state index contributed by atoms with van der Waals surface area (Å²) in [5, 5.41) is 6.16. The minimum atomic E-state index is -2.54. The molecule has 3 aromatic carbocycles. The molecule has 40 heavy (non-hydrogen) atoms. The van der Waals surface area contributed by atoms with Crippen LogP contribution in [0.4, 0.5) is 0 Å². The van der Waals surface area contributed by atoms with Gasteiger partial charge in [0.15, 0.2) is 0 Å². The topological polar surface area (TPSA) is 0 Å². The Hall–Kier alpha value is -1.06. The van der Waals surface area contributed by atoms with E-state index in [2.05, 4.69) is 133 Å². The van der Waals surface area contributed by atoms with Crippen molar-refractivity contribution in [2.75, 3.05) is 0 Å². The van der Waals surface area contributed by atoms with E-state index in [0.717, 1.165) is 19.3 Å². The molecule has 5 heteroatoms. The quantitative estimate of drug-likeness (QED) is 0.158. The number of allylic oxidation sites excluding steroid dienone is 4. The van der Waals surface area contributed by atoms with Crippen molar-refractivity contribution in [1.29, 1.82) is 0 Å². The van der Waals surface area contributed by atoms with E-state index in [-0.39, 0.29) is 58.9 Å². The van der Waals surface area contributed by atoms with Crippen LogP contribution in [-0.4, -0.2) is 8.07 Å². The van der Waals surface area contributed by atoms with Crippen LogP contribution in [-0.2, 0) is 21.7 Å². The number of hydrogen-bond donors (Lipinski definition) is 0. The molecule has 0 aliphatic heterocycles. The number of rotatable bonds is 9. The van der Waals surface area contributed by atoms with Crippen LogP contribution in [0.3, 0.4) is 0 Å². The predicted molar refractivity (Wildman–Crippen MR) is 161 cm³/mol. The van der Waals surface area contributed by atoms with Crippen LogP contribution in [0, 0.1) is 6.08 Å². The summed E-state index contributed by atoms with van der Waals surface area (Å²) in [6, 6.07) is 28.7. The van der Waals surface area contributed by atoms with Crippen LogP contribution >= 0.6 is 0 Å². The zero-order chi connectivity index (χ0) is 25.9. The monoisotopic (exact) mass is 644 g/mol. The molecule has 0 aromatic heterocycles. The second-order valence-electron chi connectivity index (χ2n) is 11.4. The number of benzene rings is 3. The third kappa shape index (κ3) is 7.86. The van der Waals surface area contributed by atoms with Gasteiger partial charge in [-0.15, -0.1) is 0 Å². The molecule has 0 unspecified atom stereocenters. The summed E-state index contributed by atoms with van der Waals surface area (Å²) < 4.78 is 0. The van der Waals surface area contributed by atoms with Gasteiger partial charge < -0.3 is 37.2 Å². The molecule has 3 aromatic rings. The SMILES string of the molecule is CCCC1=C([Si](c2cccc(C(C)C)c2)(c2cccc(C(C)C)c2)c2cccc(C(C)C)c2)CC=[C-]1.[Cl-].[Cl-].[Cl-].[Ti+4]. The van der Waals surface area contributed by atoms with Gasteiger partial charge in [-0.1, -0.05) is 156 Å². The fourth-order valence-electron chi connectivity index (χ4n) is 5.75. The normalized spacial score (nSPS) is 12.7. The Labute approximate surface area is 278 Å². The molecule has 0 spiro atoms. The number of halogens is 3. The minimum Gasteiger partial charge on any atom is -1.00 e. The zero-order valence-corrected chi connectivity index (χ0v) is 29.8. The van der Waals surface area contributed by atoms with Gasteiger partial charge in [-0.25, -0.2) is 10.8 Å². The fourth-order valence-corrected chi connectivity index (χ4v) is 11.0. The van der Waals surface area contributed by atoms with Crippen molar-refractivity contribution in [3.05, 3.63) is 112 Å². The maximum absolute atomic E-state index is 3.72. The Bertz CT molecular complexity index is 1150. The van der Waals surface area contributed by atoms with Crippen molar-refractivity contribution in [2.24, 2.45) is 0 Å². The average molecular weight is 646 g/mol. The van der Waals surface area contributed by atoms with Gasteiger partial charge in [-0.2, -0.15) is 6.08 Å². The molecule has 0 saturated heterocycles. The van der Waals surface area contributed by atoms with E-state index in [9.17, 15) is 0 Å². The third-order valence-corrected chi connectivity index (χ3v) is 12.8. The summed E-state index contributed by atoms with van der Waals surface area (Å²) >= 11 is 0. The smallest absolute Gasteiger partial charge is 1.00 e. The molecule has 0 radical (unpaired) electrons. The first kappa shape index (κ1) is 38.9. The molecule has 0 heterocycles. The first-order valence-electron chi connectivity index (χ1n) is 13.9. The molecule has 0 nitrogen and oxygen atoms in total. The first-order chi connectivity index (χ1) is 17.3. The van der Waals surface area contributed by atoms with Crippen molar-refractivity contribution in [2.45, 2.75) is 85.5 Å². The predicted octanol–water partition coefficient (Wildman–Crippen LogP) is -1.06. The number of hydrogen-bond acceptors (Lipinski definition) is 0. The summed E-state index contributed by atoms with van der Waals surface area (Å²) in [5.41, 5.74) is 5.73. The molecule has 0 N–H and O–H groups in total. The first-order valence-corrected chi connectivity index (χ1v) is 15.9. The molecule has 0 amide bonds. The van der Waals surface area contributed by atoms with E-state index < -0.39 is 8.07 Å². The summed E-state index contributed by atoms with van der Waals surface area (Å²) in [6.45, 7) is 16.2. The van der Waals surface area contributed by atoms with Crippen LogP contribution in [0.15, 0.2) is 89.6 Å². The van der Waals surface area contributed by atoms with Crippen LogP contribution in [0.25, 0.3) is 0 Å². The van der Waals surface area contributed by atoms with E-state index in [4.69, 9.17) is 0 Å². The molecular formula is C35H43Cl3SiTi. The zero-order valence-electron chi connectivity index (χ0n) is 25.0. The Morgan fingerprint density at radius 1 is 0.650 bits per heavy atom. The summed E-state index contributed by atoms with van der Waals surface area (Å²) in [6.07, 6.45) is 9.27. The van der Waals surface area contributed by atoms with Gasteiger partial charge in [0.1, 0.15) is 0 Å². The van der Waals surface area contributed by atoms with E-state index in [1.165, 1.54) is 37.8 Å². The molecule has 1 aliphatic carbocycles. The molecule has 212 valence electrons. The molecule has 0 fully saturated rings. The van der Waals surface area contributed by atoms with E-state index in [1.807, 2.05) is 0 Å². The molecule has 4 rings (SSSR count). The van der Waals surface area contributed by atoms with Gasteiger partial charge >= 0.3 is 21.7 Å². The molecule has 0 saturated carbocycles. The van der Waals surface area contributed by atoms with Crippen LogP contribution in [0.5, 0.6) is 0 Å². The average Bonchev–Trinajstić information content (AvgIpc) is 3.34. The van der Waals surface area contributed by atoms with E-state index >= 15 is 0 Å². The maximum Gasteiger partial charge on any atom is 4.00 e. The molecule has 1 aliphatic rings. The van der Waals surface area contributed by atoms with Crippen molar-refractivity contribution >= 4 is 23.6 Å². The standard InChI is InChI=1S/C35H43Si.3ClH.Ti/c1-8-13-28-14-12-21-35(28)36(32-18-9-15-29(22-32)25(2)3,33-19-10-16-30(23-33)26(4)5)34-20-11-17-31(24-34)27(6)7;;;;/h9-12,15-20,22-27H,8,13,21H2,1-7H3;3*1H;/q-1;;;;+4/p-3. The van der Waals surface area contributed by atoms with Gasteiger partial charge in [0.05, 0.1) is 8.07 Å². The minimum absolute atomic E-state index is 0. The second kappa shape index (κ2) is 17.2. The van der Waals surface area contributed by atoms with E-state index in [1.54, 1.807) is 5.20 Å². The summed E-state index contributed by atoms with van der Waals surface area (Å²) in [4.78, 5) is 0. The molecule has 0 bridgehead atoms. The molecule has 0 atom stereocenters. The Morgan fingerprint density at radius 3 is 1.35 bits per heavy atom. The van der Waals surface area contributed by atoms with Gasteiger partial charge in [0, 0.05) is 0 Å². The van der Waals surface area contributed by atoms with Crippen molar-refractivity contribution in [1.82, 2.24) is 0 Å². The second-order valence-corrected chi connectivity index (χ2v) is 15.2.